The molecule has 4 aromatic carbocycles. The standard InChI is InChI=1S/C34H36BrN3O4S/c1-25(2)31-23-28(35)13-18-32(31)42-24-33(39)36-29-14-16-30(17-15-29)43(40,41)38-21-19-37(20-22-38)34(26-9-5-3-6-10-26)27-11-7-4-8-12-27/h3-18,23,25,34H,19-22,24H2,1-2H3,(H,36,39). The van der Waals surface area contributed by atoms with Gasteiger partial charge in [0.2, 0.25) is 10.0 Å². The summed E-state index contributed by atoms with van der Waals surface area (Å²) in [6.45, 7) is 5.98. The van der Waals surface area contributed by atoms with Gasteiger partial charge in [0.25, 0.3) is 5.91 Å². The van der Waals surface area contributed by atoms with Gasteiger partial charge in [0.05, 0.1) is 10.9 Å². The number of hydrogen-bond acceptors (Lipinski definition) is 5. The second kappa shape index (κ2) is 13.9. The van der Waals surface area contributed by atoms with Gasteiger partial charge in [-0.15, -0.1) is 0 Å². The number of carbonyl (C=O) groups is 1. The number of amides is 1. The molecule has 0 aromatic heterocycles. The summed E-state index contributed by atoms with van der Waals surface area (Å²) in [6, 6.07) is 32.7. The Morgan fingerprint density at radius 1 is 0.837 bits per heavy atom. The summed E-state index contributed by atoms with van der Waals surface area (Å²) in [5.41, 5.74) is 3.88. The van der Waals surface area contributed by atoms with Gasteiger partial charge in [-0.2, -0.15) is 4.31 Å². The highest BCUT2D eigenvalue weighted by molar-refractivity contribution is 9.10. The first kappa shape index (κ1) is 30.9. The zero-order valence-corrected chi connectivity index (χ0v) is 26.7. The fourth-order valence-electron chi connectivity index (χ4n) is 5.39. The molecule has 43 heavy (non-hydrogen) atoms. The molecule has 9 heteroatoms. The maximum absolute atomic E-state index is 13.5. The molecule has 1 amide bonds. The molecule has 7 nitrogen and oxygen atoms in total. The van der Waals surface area contributed by atoms with Crippen molar-refractivity contribution in [2.45, 2.75) is 30.7 Å². The van der Waals surface area contributed by atoms with Crippen LogP contribution in [0.5, 0.6) is 5.75 Å². The molecule has 224 valence electrons. The van der Waals surface area contributed by atoms with Gasteiger partial charge in [0, 0.05) is 36.3 Å². The van der Waals surface area contributed by atoms with E-state index in [0.717, 1.165) is 10.0 Å². The number of nitrogens with zero attached hydrogens (tertiary/aromatic N) is 2. The number of anilines is 1. The summed E-state index contributed by atoms with van der Waals surface area (Å²) >= 11 is 3.48. The molecule has 1 saturated heterocycles. The number of carbonyl (C=O) groups excluding carboxylic acids is 1. The lowest BCUT2D eigenvalue weighted by Gasteiger charge is -2.39. The van der Waals surface area contributed by atoms with E-state index in [1.54, 1.807) is 28.6 Å². The van der Waals surface area contributed by atoms with Crippen LogP contribution < -0.4 is 10.1 Å². The van der Waals surface area contributed by atoms with E-state index in [-0.39, 0.29) is 29.4 Å². The minimum atomic E-state index is -3.68. The summed E-state index contributed by atoms with van der Waals surface area (Å²) in [6.07, 6.45) is 0. The molecule has 1 aliphatic heterocycles. The first-order valence-corrected chi connectivity index (χ1v) is 16.6. The summed E-state index contributed by atoms with van der Waals surface area (Å²) in [4.78, 5) is 15.1. The van der Waals surface area contributed by atoms with E-state index in [4.69, 9.17) is 4.74 Å². The van der Waals surface area contributed by atoms with Gasteiger partial charge in [-0.25, -0.2) is 8.42 Å². The topological polar surface area (TPSA) is 78.9 Å². The Labute approximate surface area is 262 Å². The lowest BCUT2D eigenvalue weighted by atomic mass is 9.96. The largest absolute Gasteiger partial charge is 0.483 e. The van der Waals surface area contributed by atoms with Crippen molar-refractivity contribution in [3.63, 3.8) is 0 Å². The fraction of sp³-hybridized carbons (Fsp3) is 0.265. The van der Waals surface area contributed by atoms with Crippen LogP contribution in [0.1, 0.15) is 42.5 Å². The molecule has 0 saturated carbocycles. The summed E-state index contributed by atoms with van der Waals surface area (Å²) in [5.74, 6) is 0.576. The van der Waals surface area contributed by atoms with Crippen molar-refractivity contribution in [2.75, 3.05) is 38.1 Å². The molecule has 0 aliphatic carbocycles. The van der Waals surface area contributed by atoms with Crippen LogP contribution in [0.3, 0.4) is 0 Å². The molecule has 0 radical (unpaired) electrons. The highest BCUT2D eigenvalue weighted by atomic mass is 79.9. The van der Waals surface area contributed by atoms with E-state index in [1.807, 2.05) is 54.6 Å². The Morgan fingerprint density at radius 2 is 1.42 bits per heavy atom. The van der Waals surface area contributed by atoms with Crippen molar-refractivity contribution >= 4 is 37.5 Å². The third kappa shape index (κ3) is 7.54. The van der Waals surface area contributed by atoms with E-state index in [9.17, 15) is 13.2 Å². The molecular weight excluding hydrogens is 626 g/mol. The Hall–Kier alpha value is -3.50. The number of halogens is 1. The number of piperazine rings is 1. The van der Waals surface area contributed by atoms with Gasteiger partial charge in [0.15, 0.2) is 6.61 Å². The molecular formula is C34H36BrN3O4S. The quantitative estimate of drug-likeness (QED) is 0.205. The van der Waals surface area contributed by atoms with Gasteiger partial charge < -0.3 is 10.1 Å². The van der Waals surface area contributed by atoms with Crippen molar-refractivity contribution in [1.29, 1.82) is 0 Å². The van der Waals surface area contributed by atoms with Crippen molar-refractivity contribution in [3.8, 4) is 5.75 Å². The van der Waals surface area contributed by atoms with Crippen LogP contribution in [-0.2, 0) is 14.8 Å². The second-order valence-electron chi connectivity index (χ2n) is 10.9. The fourth-order valence-corrected chi connectivity index (χ4v) is 7.19. The van der Waals surface area contributed by atoms with Crippen LogP contribution in [0.25, 0.3) is 0 Å². The zero-order valence-electron chi connectivity index (χ0n) is 24.3. The second-order valence-corrected chi connectivity index (χ2v) is 13.7. The molecule has 0 unspecified atom stereocenters. The van der Waals surface area contributed by atoms with Crippen molar-refractivity contribution in [2.24, 2.45) is 0 Å². The predicted octanol–water partition coefficient (Wildman–Crippen LogP) is 6.69. The monoisotopic (exact) mass is 661 g/mol. The first-order valence-electron chi connectivity index (χ1n) is 14.4. The van der Waals surface area contributed by atoms with Crippen LogP contribution >= 0.6 is 15.9 Å². The lowest BCUT2D eigenvalue weighted by molar-refractivity contribution is -0.118. The van der Waals surface area contributed by atoms with Crippen molar-refractivity contribution < 1.29 is 17.9 Å². The average Bonchev–Trinajstić information content (AvgIpc) is 3.02. The molecule has 4 aromatic rings. The molecule has 0 spiro atoms. The van der Waals surface area contributed by atoms with Gasteiger partial charge in [-0.1, -0.05) is 90.4 Å². The van der Waals surface area contributed by atoms with Gasteiger partial charge in [-0.3, -0.25) is 9.69 Å². The number of nitrogens with one attached hydrogen (secondary N) is 1. The third-order valence-corrected chi connectivity index (χ3v) is 10.0. The number of rotatable bonds is 10. The highest BCUT2D eigenvalue weighted by Gasteiger charge is 2.32. The van der Waals surface area contributed by atoms with E-state index >= 15 is 0 Å². The number of ether oxygens (including phenoxy) is 1. The summed E-state index contributed by atoms with van der Waals surface area (Å²) in [5, 5.41) is 2.79. The summed E-state index contributed by atoms with van der Waals surface area (Å²) in [7, 11) is -3.68. The number of benzene rings is 4. The number of sulfonamides is 1. The Balaban J connectivity index is 1.19. The molecule has 1 heterocycles. The van der Waals surface area contributed by atoms with Gasteiger partial charge >= 0.3 is 0 Å². The highest BCUT2D eigenvalue weighted by Crippen LogP contribution is 2.31. The van der Waals surface area contributed by atoms with Crippen molar-refractivity contribution in [1.82, 2.24) is 9.21 Å². The predicted molar refractivity (Wildman–Crippen MR) is 174 cm³/mol. The third-order valence-electron chi connectivity index (χ3n) is 7.60. The van der Waals surface area contributed by atoms with E-state index in [1.165, 1.54) is 11.1 Å². The maximum Gasteiger partial charge on any atom is 0.262 e. The average molecular weight is 663 g/mol. The first-order chi connectivity index (χ1) is 20.7. The maximum atomic E-state index is 13.5. The molecule has 0 atom stereocenters. The Kier molecular flexibility index (Phi) is 9.97. The number of hydrogen-bond donors (Lipinski definition) is 1. The van der Waals surface area contributed by atoms with Gasteiger partial charge in [0.1, 0.15) is 5.75 Å². The van der Waals surface area contributed by atoms with Crippen LogP contribution in [-0.4, -0.2) is 56.3 Å². The van der Waals surface area contributed by atoms with Crippen LogP contribution in [0.4, 0.5) is 5.69 Å². The van der Waals surface area contributed by atoms with Crippen LogP contribution in [0.2, 0.25) is 0 Å². The molecule has 1 fully saturated rings. The minimum Gasteiger partial charge on any atom is -0.483 e. The smallest absolute Gasteiger partial charge is 0.262 e. The normalized spacial score (nSPS) is 14.6. The molecule has 5 rings (SSSR count). The van der Waals surface area contributed by atoms with E-state index in [2.05, 4.69) is 64.3 Å². The van der Waals surface area contributed by atoms with Gasteiger partial charge in [-0.05, 0) is 65.1 Å². The van der Waals surface area contributed by atoms with E-state index < -0.39 is 10.0 Å². The Morgan fingerprint density at radius 3 is 1.98 bits per heavy atom. The minimum absolute atomic E-state index is 0.0554. The van der Waals surface area contributed by atoms with Crippen LogP contribution in [0, 0.1) is 0 Å². The molecule has 0 bridgehead atoms. The van der Waals surface area contributed by atoms with Crippen molar-refractivity contribution in [3.05, 3.63) is 124 Å². The summed E-state index contributed by atoms with van der Waals surface area (Å²) < 4.78 is 35.3. The molecule has 1 N–H and O–H groups in total. The Bertz CT molecular complexity index is 1580. The SMILES string of the molecule is CC(C)c1cc(Br)ccc1OCC(=O)Nc1ccc(S(=O)(=O)N2CCN(C(c3ccccc3)c3ccccc3)CC2)cc1. The van der Waals surface area contributed by atoms with Crippen LogP contribution in [0.15, 0.2) is 112 Å². The molecule has 1 aliphatic rings. The zero-order chi connectivity index (χ0) is 30.4. The lowest BCUT2D eigenvalue weighted by Crippen LogP contribution is -2.49. The van der Waals surface area contributed by atoms with E-state index in [0.29, 0.717) is 37.6 Å².